The number of carbonyl (C=O) groups excluding carboxylic acids is 3. The molecule has 0 aromatic heterocycles. The van der Waals surface area contributed by atoms with E-state index in [1.165, 1.54) is 6.07 Å². The van der Waals surface area contributed by atoms with Crippen molar-refractivity contribution in [3.05, 3.63) is 100 Å². The molecular formula is C36H44F2N4O5. The van der Waals surface area contributed by atoms with Gasteiger partial charge in [0.1, 0.15) is 23.4 Å². The number of amides is 3. The Morgan fingerprint density at radius 2 is 1.70 bits per heavy atom. The number of aliphatic hydroxyl groups is 1. The summed E-state index contributed by atoms with van der Waals surface area (Å²) in [5.41, 5.74) is 2.27. The number of nitrogens with zero attached hydrogens (tertiary/aromatic N) is 2. The molecule has 0 aliphatic carbocycles. The molecule has 3 aromatic carbocycles. The molecule has 11 heteroatoms. The second-order valence-electron chi connectivity index (χ2n) is 12.0. The molecule has 1 aliphatic rings. The fraction of sp³-hybridized carbons (Fsp3) is 0.417. The monoisotopic (exact) mass is 650 g/mol. The largest absolute Gasteiger partial charge is 0.497 e. The predicted octanol–water partition coefficient (Wildman–Crippen LogP) is 4.25. The summed E-state index contributed by atoms with van der Waals surface area (Å²) in [4.78, 5) is 44.1. The van der Waals surface area contributed by atoms with Crippen LogP contribution in [0.5, 0.6) is 5.75 Å². The van der Waals surface area contributed by atoms with E-state index in [2.05, 4.69) is 10.6 Å². The quantitative estimate of drug-likeness (QED) is 0.241. The Morgan fingerprint density at radius 1 is 1.02 bits per heavy atom. The summed E-state index contributed by atoms with van der Waals surface area (Å²) in [5, 5.41) is 17.5. The van der Waals surface area contributed by atoms with Gasteiger partial charge in [-0.15, -0.1) is 0 Å². The number of halogens is 2. The van der Waals surface area contributed by atoms with Crippen molar-refractivity contribution in [1.82, 2.24) is 20.4 Å². The van der Waals surface area contributed by atoms with Crippen molar-refractivity contribution in [2.45, 2.75) is 64.8 Å². The molecule has 1 aliphatic heterocycles. The number of methoxy groups -OCH3 is 1. The highest BCUT2D eigenvalue weighted by Gasteiger charge is 2.38. The number of nitrogens with one attached hydrogen (secondary N) is 2. The van der Waals surface area contributed by atoms with Gasteiger partial charge in [0.25, 0.3) is 11.8 Å². The van der Waals surface area contributed by atoms with Crippen molar-refractivity contribution in [1.29, 1.82) is 0 Å². The molecule has 3 atom stereocenters. The standard InChI is InChI=1S/C36H44F2N4O5/c1-5-11-41(12-6-2)35(45)27-15-23(3)14-26(20-27)34(44)40-31(19-25-16-28(37)21-29(38)17-25)33(43)32-36(46)42(13-10-39-32)22-24-8-7-9-30(18-24)47-4/h7-9,14-18,20-21,31-33,39,43H,5-6,10-13,19,22H2,1-4H3,(H,40,44)/t31-,32?,33-/m0/s1. The first-order chi connectivity index (χ1) is 22.5. The smallest absolute Gasteiger partial charge is 0.253 e. The SMILES string of the molecule is CCCN(CCC)C(=O)c1cc(C)cc(C(=O)N[C@@H](Cc2cc(F)cc(F)c2)[C@H](O)C2NCCN(Cc3cccc(OC)c3)C2=O)c1. The van der Waals surface area contributed by atoms with Crippen LogP contribution in [-0.2, 0) is 17.8 Å². The van der Waals surface area contributed by atoms with E-state index in [9.17, 15) is 28.3 Å². The van der Waals surface area contributed by atoms with Crippen LogP contribution in [0.1, 0.15) is 64.1 Å². The molecule has 1 saturated heterocycles. The topological polar surface area (TPSA) is 111 Å². The minimum Gasteiger partial charge on any atom is -0.497 e. The molecule has 1 heterocycles. The first-order valence-corrected chi connectivity index (χ1v) is 16.0. The zero-order valence-corrected chi connectivity index (χ0v) is 27.4. The molecule has 0 radical (unpaired) electrons. The second-order valence-corrected chi connectivity index (χ2v) is 12.0. The van der Waals surface area contributed by atoms with Gasteiger partial charge in [0, 0.05) is 49.9 Å². The van der Waals surface area contributed by atoms with Crippen LogP contribution in [0.4, 0.5) is 8.78 Å². The summed E-state index contributed by atoms with van der Waals surface area (Å²) in [6.07, 6.45) is -0.0608. The van der Waals surface area contributed by atoms with Gasteiger partial charge in [-0.05, 0) is 85.3 Å². The number of benzene rings is 3. The van der Waals surface area contributed by atoms with E-state index in [0.29, 0.717) is 43.1 Å². The Kier molecular flexibility index (Phi) is 12.4. The molecule has 3 aromatic rings. The molecule has 0 spiro atoms. The van der Waals surface area contributed by atoms with Crippen LogP contribution in [0, 0.1) is 18.6 Å². The molecular weight excluding hydrogens is 606 g/mol. The third kappa shape index (κ3) is 9.36. The molecule has 4 rings (SSSR count). The molecule has 252 valence electrons. The maximum Gasteiger partial charge on any atom is 0.253 e. The number of aliphatic hydroxyl groups excluding tert-OH is 1. The Morgan fingerprint density at radius 3 is 2.36 bits per heavy atom. The van der Waals surface area contributed by atoms with Crippen LogP contribution in [0.2, 0.25) is 0 Å². The number of ether oxygens (including phenoxy) is 1. The fourth-order valence-electron chi connectivity index (χ4n) is 5.96. The van der Waals surface area contributed by atoms with Gasteiger partial charge in [-0.3, -0.25) is 14.4 Å². The predicted molar refractivity (Wildman–Crippen MR) is 175 cm³/mol. The van der Waals surface area contributed by atoms with Gasteiger partial charge < -0.3 is 30.3 Å². The van der Waals surface area contributed by atoms with E-state index >= 15 is 0 Å². The molecule has 9 nitrogen and oxygen atoms in total. The molecule has 1 unspecified atom stereocenters. The Bertz CT molecular complexity index is 1540. The molecule has 1 fully saturated rings. The van der Waals surface area contributed by atoms with Crippen LogP contribution in [-0.4, -0.2) is 84.1 Å². The minimum atomic E-state index is -1.47. The molecule has 3 amide bonds. The Hall–Kier alpha value is -4.35. The number of piperazine rings is 1. The summed E-state index contributed by atoms with van der Waals surface area (Å²) >= 11 is 0. The Labute approximate surface area is 274 Å². The average Bonchev–Trinajstić information content (AvgIpc) is 3.04. The first-order valence-electron chi connectivity index (χ1n) is 16.0. The first kappa shape index (κ1) is 35.5. The van der Waals surface area contributed by atoms with Crippen molar-refractivity contribution in [3.8, 4) is 5.75 Å². The summed E-state index contributed by atoms with van der Waals surface area (Å²) in [6, 6.07) is 12.9. The number of hydrogen-bond acceptors (Lipinski definition) is 6. The Balaban J connectivity index is 1.60. The van der Waals surface area contributed by atoms with E-state index in [0.717, 1.165) is 36.6 Å². The molecule has 47 heavy (non-hydrogen) atoms. The van der Waals surface area contributed by atoms with Gasteiger partial charge >= 0.3 is 0 Å². The fourth-order valence-corrected chi connectivity index (χ4v) is 5.96. The van der Waals surface area contributed by atoms with Crippen LogP contribution in [0.3, 0.4) is 0 Å². The summed E-state index contributed by atoms with van der Waals surface area (Å²) in [7, 11) is 1.56. The van der Waals surface area contributed by atoms with Crippen LogP contribution >= 0.6 is 0 Å². The van der Waals surface area contributed by atoms with Crippen molar-refractivity contribution in [2.24, 2.45) is 0 Å². The van der Waals surface area contributed by atoms with Crippen molar-refractivity contribution >= 4 is 17.7 Å². The van der Waals surface area contributed by atoms with E-state index in [4.69, 9.17) is 4.74 Å². The zero-order chi connectivity index (χ0) is 34.1. The summed E-state index contributed by atoms with van der Waals surface area (Å²) in [5.74, 6) is -2.13. The van der Waals surface area contributed by atoms with Gasteiger partial charge in [-0.2, -0.15) is 0 Å². The number of hydrogen-bond donors (Lipinski definition) is 3. The second kappa shape index (κ2) is 16.5. The highest BCUT2D eigenvalue weighted by atomic mass is 19.1. The maximum atomic E-state index is 14.2. The lowest BCUT2D eigenvalue weighted by atomic mass is 9.93. The number of carbonyl (C=O) groups is 3. The van der Waals surface area contributed by atoms with Gasteiger partial charge in [0.2, 0.25) is 5.91 Å². The molecule has 0 bridgehead atoms. The number of rotatable bonds is 14. The molecule has 0 saturated carbocycles. The summed E-state index contributed by atoms with van der Waals surface area (Å²) in [6.45, 7) is 7.97. The number of aryl methyl sites for hydroxylation is 1. The zero-order valence-electron chi connectivity index (χ0n) is 27.4. The van der Waals surface area contributed by atoms with Crippen molar-refractivity contribution in [3.63, 3.8) is 0 Å². The highest BCUT2D eigenvalue weighted by Crippen LogP contribution is 2.20. The van der Waals surface area contributed by atoms with Gasteiger partial charge in [0.15, 0.2) is 0 Å². The normalized spacial score (nSPS) is 16.0. The van der Waals surface area contributed by atoms with E-state index in [1.54, 1.807) is 42.0 Å². The lowest BCUT2D eigenvalue weighted by molar-refractivity contribution is -0.140. The summed E-state index contributed by atoms with van der Waals surface area (Å²) < 4.78 is 33.6. The van der Waals surface area contributed by atoms with Gasteiger partial charge in [0.05, 0.1) is 19.3 Å². The average molecular weight is 651 g/mol. The third-order valence-electron chi connectivity index (χ3n) is 8.14. The van der Waals surface area contributed by atoms with Crippen molar-refractivity contribution in [2.75, 3.05) is 33.3 Å². The third-order valence-corrected chi connectivity index (χ3v) is 8.14. The highest BCUT2D eigenvalue weighted by molar-refractivity contribution is 6.00. The van der Waals surface area contributed by atoms with Crippen LogP contribution in [0.15, 0.2) is 60.7 Å². The van der Waals surface area contributed by atoms with E-state index in [1.807, 2.05) is 32.0 Å². The van der Waals surface area contributed by atoms with Crippen LogP contribution < -0.4 is 15.4 Å². The molecule has 3 N–H and O–H groups in total. The van der Waals surface area contributed by atoms with E-state index < -0.39 is 35.7 Å². The lowest BCUT2D eigenvalue weighted by Gasteiger charge is -2.38. The lowest BCUT2D eigenvalue weighted by Crippen LogP contribution is -2.63. The van der Waals surface area contributed by atoms with Gasteiger partial charge in [-0.1, -0.05) is 26.0 Å². The van der Waals surface area contributed by atoms with Gasteiger partial charge in [-0.25, -0.2) is 8.78 Å². The van der Waals surface area contributed by atoms with Crippen molar-refractivity contribution < 1.29 is 33.0 Å². The van der Waals surface area contributed by atoms with E-state index in [-0.39, 0.29) is 35.9 Å². The minimum absolute atomic E-state index is 0.165. The maximum absolute atomic E-state index is 14.2. The van der Waals surface area contributed by atoms with Crippen LogP contribution in [0.25, 0.3) is 0 Å².